The Morgan fingerprint density at radius 1 is 1.33 bits per heavy atom. The zero-order chi connectivity index (χ0) is 11.0. The maximum atomic E-state index is 12.0. The van der Waals surface area contributed by atoms with Crippen molar-refractivity contribution >= 4 is 5.91 Å². The lowest BCUT2D eigenvalue weighted by atomic mass is 10.0. The van der Waals surface area contributed by atoms with Crippen molar-refractivity contribution in [2.24, 2.45) is 5.92 Å². The van der Waals surface area contributed by atoms with E-state index >= 15 is 0 Å². The molecule has 4 atom stereocenters. The molecule has 5 nitrogen and oxygen atoms in total. The van der Waals surface area contributed by atoms with Crippen LogP contribution in [0.3, 0.4) is 0 Å². The van der Waals surface area contributed by atoms with Crippen molar-refractivity contribution in [2.45, 2.75) is 31.6 Å². The Kier molecular flexibility index (Phi) is 2.95. The van der Waals surface area contributed by atoms with E-state index in [1.165, 1.54) is 0 Å². The lowest BCUT2D eigenvalue weighted by molar-refractivity contribution is -0.133. The first-order valence-electron chi connectivity index (χ1n) is 5.48. The number of nitrogens with one attached hydrogen (secondary N) is 1. The second-order valence-electron chi connectivity index (χ2n) is 4.58. The molecule has 0 bridgehead atoms. The molecule has 0 radical (unpaired) electrons. The van der Waals surface area contributed by atoms with Crippen LogP contribution < -0.4 is 5.32 Å². The maximum absolute atomic E-state index is 12.0. The molecule has 2 saturated heterocycles. The minimum absolute atomic E-state index is 0.00981. The van der Waals surface area contributed by atoms with Crippen molar-refractivity contribution in [3.8, 4) is 0 Å². The summed E-state index contributed by atoms with van der Waals surface area (Å²) >= 11 is 0. The van der Waals surface area contributed by atoms with Gasteiger partial charge in [-0.15, -0.1) is 0 Å². The number of rotatable bonds is 1. The molecule has 2 aliphatic heterocycles. The zero-order valence-electron chi connectivity index (χ0n) is 8.89. The quantitative estimate of drug-likeness (QED) is 0.499. The van der Waals surface area contributed by atoms with Gasteiger partial charge in [0.2, 0.25) is 5.91 Å². The number of likely N-dealkylation sites (tertiary alicyclic amines) is 1. The summed E-state index contributed by atoms with van der Waals surface area (Å²) in [5.41, 5.74) is 0. The van der Waals surface area contributed by atoms with Gasteiger partial charge in [0.05, 0.1) is 18.2 Å². The normalized spacial score (nSPS) is 41.1. The fraction of sp³-hybridized carbons (Fsp3) is 0.900. The average molecular weight is 214 g/mol. The number of aliphatic hydroxyl groups excluding tert-OH is 2. The third-order valence-corrected chi connectivity index (χ3v) is 3.37. The minimum atomic E-state index is -0.786. The highest BCUT2D eigenvalue weighted by Gasteiger charge is 2.38. The van der Waals surface area contributed by atoms with Crippen LogP contribution in [0.2, 0.25) is 0 Å². The lowest BCUT2D eigenvalue weighted by Gasteiger charge is -2.22. The van der Waals surface area contributed by atoms with Gasteiger partial charge in [-0.05, 0) is 18.9 Å². The molecule has 0 aliphatic carbocycles. The largest absolute Gasteiger partial charge is 0.388 e. The van der Waals surface area contributed by atoms with E-state index in [2.05, 4.69) is 5.32 Å². The van der Waals surface area contributed by atoms with Gasteiger partial charge < -0.3 is 20.4 Å². The Bertz CT molecular complexity index is 249. The zero-order valence-corrected chi connectivity index (χ0v) is 8.89. The molecule has 4 unspecified atom stereocenters. The number of aliphatic hydroxyl groups is 2. The molecule has 2 rings (SSSR count). The molecule has 2 heterocycles. The first-order chi connectivity index (χ1) is 7.09. The van der Waals surface area contributed by atoms with Gasteiger partial charge in [-0.1, -0.05) is 6.92 Å². The van der Waals surface area contributed by atoms with Crippen LogP contribution in [-0.4, -0.2) is 58.9 Å². The summed E-state index contributed by atoms with van der Waals surface area (Å²) in [5, 5.41) is 21.9. The first kappa shape index (κ1) is 10.9. The van der Waals surface area contributed by atoms with Crippen LogP contribution >= 0.6 is 0 Å². The Balaban J connectivity index is 1.97. The van der Waals surface area contributed by atoms with Gasteiger partial charge in [-0.3, -0.25) is 4.79 Å². The molecular weight excluding hydrogens is 196 g/mol. The molecule has 3 N–H and O–H groups in total. The number of hydrogen-bond donors (Lipinski definition) is 3. The fourth-order valence-corrected chi connectivity index (χ4v) is 2.31. The molecule has 5 heteroatoms. The van der Waals surface area contributed by atoms with E-state index in [9.17, 15) is 15.0 Å². The number of hydrogen-bond acceptors (Lipinski definition) is 4. The van der Waals surface area contributed by atoms with E-state index in [0.29, 0.717) is 5.92 Å². The standard InChI is InChI=1S/C10H18N2O3/c1-6-2-3-11-9(6)10(15)12-4-7(13)8(14)5-12/h6-9,11,13-14H,2-5H2,1H3. The highest BCUT2D eigenvalue weighted by molar-refractivity contribution is 5.83. The summed E-state index contributed by atoms with van der Waals surface area (Å²) in [6.45, 7) is 3.43. The number of carbonyl (C=O) groups is 1. The molecule has 1 amide bonds. The van der Waals surface area contributed by atoms with Crippen molar-refractivity contribution in [1.29, 1.82) is 0 Å². The van der Waals surface area contributed by atoms with E-state index < -0.39 is 12.2 Å². The lowest BCUT2D eigenvalue weighted by Crippen LogP contribution is -2.45. The minimum Gasteiger partial charge on any atom is -0.388 e. The summed E-state index contributed by atoms with van der Waals surface area (Å²) < 4.78 is 0. The highest BCUT2D eigenvalue weighted by atomic mass is 16.3. The maximum Gasteiger partial charge on any atom is 0.240 e. The van der Waals surface area contributed by atoms with Crippen molar-refractivity contribution < 1.29 is 15.0 Å². The van der Waals surface area contributed by atoms with Gasteiger partial charge in [-0.2, -0.15) is 0 Å². The topological polar surface area (TPSA) is 72.8 Å². The van der Waals surface area contributed by atoms with Crippen molar-refractivity contribution in [3.63, 3.8) is 0 Å². The van der Waals surface area contributed by atoms with Crippen LogP contribution in [0.4, 0.5) is 0 Å². The van der Waals surface area contributed by atoms with Crippen LogP contribution in [0.15, 0.2) is 0 Å². The molecule has 0 spiro atoms. The predicted octanol–water partition coefficient (Wildman–Crippen LogP) is -1.45. The van der Waals surface area contributed by atoms with Crippen LogP contribution in [0, 0.1) is 5.92 Å². The Hall–Kier alpha value is -0.650. The average Bonchev–Trinajstić information content (AvgIpc) is 2.74. The molecule has 0 aromatic carbocycles. The van der Waals surface area contributed by atoms with Gasteiger partial charge in [-0.25, -0.2) is 0 Å². The third kappa shape index (κ3) is 2.00. The SMILES string of the molecule is CC1CCNC1C(=O)N1CC(O)C(O)C1. The molecule has 2 aliphatic rings. The molecule has 0 saturated carbocycles. The highest BCUT2D eigenvalue weighted by Crippen LogP contribution is 2.19. The van der Waals surface area contributed by atoms with Crippen molar-refractivity contribution in [2.75, 3.05) is 19.6 Å². The number of amides is 1. The Morgan fingerprint density at radius 3 is 2.40 bits per heavy atom. The summed E-state index contributed by atoms with van der Waals surface area (Å²) in [7, 11) is 0. The summed E-state index contributed by atoms with van der Waals surface area (Å²) in [4.78, 5) is 13.5. The van der Waals surface area contributed by atoms with Gasteiger partial charge in [0.15, 0.2) is 0 Å². The van der Waals surface area contributed by atoms with Crippen LogP contribution in [-0.2, 0) is 4.79 Å². The van der Waals surface area contributed by atoms with E-state index in [1.54, 1.807) is 4.90 Å². The monoisotopic (exact) mass is 214 g/mol. The van der Waals surface area contributed by atoms with Crippen LogP contribution in [0.5, 0.6) is 0 Å². The second kappa shape index (κ2) is 4.08. The van der Waals surface area contributed by atoms with Gasteiger partial charge in [0.25, 0.3) is 0 Å². The van der Waals surface area contributed by atoms with Gasteiger partial charge in [0.1, 0.15) is 0 Å². The summed E-state index contributed by atoms with van der Waals surface area (Å²) in [6.07, 6.45) is -0.564. The number of nitrogens with zero attached hydrogens (tertiary/aromatic N) is 1. The van der Waals surface area contributed by atoms with E-state index in [1.807, 2.05) is 6.92 Å². The molecular formula is C10H18N2O3. The van der Waals surface area contributed by atoms with E-state index in [0.717, 1.165) is 13.0 Å². The van der Waals surface area contributed by atoms with E-state index in [4.69, 9.17) is 0 Å². The molecule has 86 valence electrons. The summed E-state index contributed by atoms with van der Waals surface area (Å²) in [6, 6.07) is -0.137. The number of β-amino-alcohol motifs (C(OH)–C–C–N with tert-alkyl or cyclic N) is 2. The summed E-state index contributed by atoms with van der Waals surface area (Å²) in [5.74, 6) is 0.350. The van der Waals surface area contributed by atoms with Gasteiger partial charge in [0, 0.05) is 13.1 Å². The second-order valence-corrected chi connectivity index (χ2v) is 4.58. The molecule has 2 fully saturated rings. The smallest absolute Gasteiger partial charge is 0.240 e. The Morgan fingerprint density at radius 2 is 1.93 bits per heavy atom. The van der Waals surface area contributed by atoms with Gasteiger partial charge >= 0.3 is 0 Å². The first-order valence-corrected chi connectivity index (χ1v) is 5.48. The van der Waals surface area contributed by atoms with Crippen molar-refractivity contribution in [1.82, 2.24) is 10.2 Å². The van der Waals surface area contributed by atoms with Crippen LogP contribution in [0.25, 0.3) is 0 Å². The Labute approximate surface area is 89.1 Å². The molecule has 0 aromatic rings. The molecule has 15 heavy (non-hydrogen) atoms. The molecule has 0 aromatic heterocycles. The number of carbonyl (C=O) groups excluding carboxylic acids is 1. The predicted molar refractivity (Wildman–Crippen MR) is 54.2 cm³/mol. The van der Waals surface area contributed by atoms with Crippen molar-refractivity contribution in [3.05, 3.63) is 0 Å². The van der Waals surface area contributed by atoms with Crippen LogP contribution in [0.1, 0.15) is 13.3 Å². The fourth-order valence-electron chi connectivity index (χ4n) is 2.31. The third-order valence-electron chi connectivity index (χ3n) is 3.37. The van der Waals surface area contributed by atoms with E-state index in [-0.39, 0.29) is 25.0 Å².